The minimum Gasteiger partial charge on any atom is -0.456 e. The lowest BCUT2D eigenvalue weighted by Gasteiger charge is -2.28. The van der Waals surface area contributed by atoms with Crippen LogP contribution >= 0.6 is 0 Å². The van der Waals surface area contributed by atoms with Crippen LogP contribution in [0.1, 0.15) is 22.6 Å². The third kappa shape index (κ3) is 3.57. The first-order valence-electron chi connectivity index (χ1n) is 8.74. The van der Waals surface area contributed by atoms with Crippen molar-refractivity contribution in [2.45, 2.75) is 10.8 Å². The normalized spacial score (nSPS) is 16.1. The van der Waals surface area contributed by atoms with Crippen LogP contribution in [0.4, 0.5) is 4.39 Å². The molecule has 3 aromatic rings. The number of sulfonamides is 1. The van der Waals surface area contributed by atoms with E-state index in [4.69, 9.17) is 9.88 Å². The standard InChI is InChI=1S/C22H16FNO4S/c23-16-5-3-4-15(12-16)21-19(13-25)18-6-1-2-7-20(18)28-22(21)14-8-10-17(11-9-14)29(24,26)27/h1-13,19H,(H2,24,26,27). The third-order valence-electron chi connectivity index (χ3n) is 4.74. The molecule has 2 N–H and O–H groups in total. The topological polar surface area (TPSA) is 86.5 Å². The molecule has 0 bridgehead atoms. The quantitative estimate of drug-likeness (QED) is 0.666. The van der Waals surface area contributed by atoms with Gasteiger partial charge in [-0.3, -0.25) is 0 Å². The van der Waals surface area contributed by atoms with Crippen molar-refractivity contribution in [1.29, 1.82) is 0 Å². The van der Waals surface area contributed by atoms with Gasteiger partial charge < -0.3 is 9.53 Å². The Morgan fingerprint density at radius 3 is 2.31 bits per heavy atom. The van der Waals surface area contributed by atoms with E-state index in [1.807, 2.05) is 0 Å². The summed E-state index contributed by atoms with van der Waals surface area (Å²) in [4.78, 5) is 12.0. The maximum atomic E-state index is 13.9. The van der Waals surface area contributed by atoms with Gasteiger partial charge in [0.1, 0.15) is 23.6 Å². The zero-order valence-electron chi connectivity index (χ0n) is 15.1. The molecule has 5 nitrogen and oxygen atoms in total. The molecule has 4 rings (SSSR count). The molecule has 3 aromatic carbocycles. The number of allylic oxidation sites excluding steroid dienone is 1. The van der Waals surface area contributed by atoms with Gasteiger partial charge in [-0.15, -0.1) is 0 Å². The van der Waals surface area contributed by atoms with Gasteiger partial charge >= 0.3 is 0 Å². The van der Waals surface area contributed by atoms with Crippen LogP contribution in [0.5, 0.6) is 5.75 Å². The highest BCUT2D eigenvalue weighted by Crippen LogP contribution is 2.45. The third-order valence-corrected chi connectivity index (χ3v) is 5.67. The van der Waals surface area contributed by atoms with Gasteiger partial charge in [0.15, 0.2) is 0 Å². The Hall–Kier alpha value is -3.29. The SMILES string of the molecule is NS(=O)(=O)c1ccc(C2=C(c3cccc(F)c3)C(C=O)c3ccccc3O2)cc1. The number of benzene rings is 3. The zero-order valence-corrected chi connectivity index (χ0v) is 15.9. The molecule has 7 heteroatoms. The predicted molar refractivity (Wildman–Crippen MR) is 107 cm³/mol. The van der Waals surface area contributed by atoms with Gasteiger partial charge in [-0.1, -0.05) is 30.3 Å². The molecule has 0 saturated heterocycles. The van der Waals surface area contributed by atoms with E-state index in [2.05, 4.69) is 0 Å². The molecule has 1 atom stereocenters. The highest BCUT2D eigenvalue weighted by molar-refractivity contribution is 7.89. The fourth-order valence-corrected chi connectivity index (χ4v) is 3.93. The molecule has 29 heavy (non-hydrogen) atoms. The number of carbonyl (C=O) groups is 1. The molecule has 0 aliphatic carbocycles. The Morgan fingerprint density at radius 1 is 0.931 bits per heavy atom. The van der Waals surface area contributed by atoms with E-state index in [1.54, 1.807) is 48.5 Å². The molecule has 0 fully saturated rings. The molecule has 146 valence electrons. The van der Waals surface area contributed by atoms with Crippen LogP contribution < -0.4 is 9.88 Å². The lowest BCUT2D eigenvalue weighted by Crippen LogP contribution is -2.16. The largest absolute Gasteiger partial charge is 0.456 e. The average Bonchev–Trinajstić information content (AvgIpc) is 2.71. The van der Waals surface area contributed by atoms with Crippen LogP contribution in [-0.4, -0.2) is 14.7 Å². The maximum absolute atomic E-state index is 13.9. The number of aldehydes is 1. The van der Waals surface area contributed by atoms with Gasteiger partial charge in [0.05, 0.1) is 10.8 Å². The summed E-state index contributed by atoms with van der Waals surface area (Å²) in [6.45, 7) is 0. The lowest BCUT2D eigenvalue weighted by molar-refractivity contribution is -0.108. The second kappa shape index (κ2) is 7.27. The summed E-state index contributed by atoms with van der Waals surface area (Å²) in [6.07, 6.45) is 0.792. The minimum atomic E-state index is -3.85. The molecular formula is C22H16FNO4S. The fraction of sp³-hybridized carbons (Fsp3) is 0.0455. The predicted octanol–water partition coefficient (Wildman–Crippen LogP) is 3.72. The fourth-order valence-electron chi connectivity index (χ4n) is 3.41. The van der Waals surface area contributed by atoms with Gasteiger partial charge in [-0.2, -0.15) is 0 Å². The number of fused-ring (bicyclic) bond motifs is 1. The van der Waals surface area contributed by atoms with Crippen molar-refractivity contribution < 1.29 is 22.3 Å². The Morgan fingerprint density at radius 2 is 1.66 bits per heavy atom. The van der Waals surface area contributed by atoms with Crippen LogP contribution in [0.3, 0.4) is 0 Å². The van der Waals surface area contributed by atoms with E-state index in [-0.39, 0.29) is 4.90 Å². The molecule has 1 aliphatic heterocycles. The highest BCUT2D eigenvalue weighted by Gasteiger charge is 2.31. The van der Waals surface area contributed by atoms with Crippen molar-refractivity contribution in [3.05, 3.63) is 95.3 Å². The number of hydrogen-bond acceptors (Lipinski definition) is 4. The number of carbonyl (C=O) groups excluding carboxylic acids is 1. The first-order valence-corrected chi connectivity index (χ1v) is 10.3. The zero-order chi connectivity index (χ0) is 20.6. The molecule has 1 unspecified atom stereocenters. The van der Waals surface area contributed by atoms with Crippen molar-refractivity contribution in [2.24, 2.45) is 5.14 Å². The molecule has 0 saturated carbocycles. The number of rotatable bonds is 4. The van der Waals surface area contributed by atoms with Crippen molar-refractivity contribution in [2.75, 3.05) is 0 Å². The van der Waals surface area contributed by atoms with Gasteiger partial charge in [-0.25, -0.2) is 17.9 Å². The molecule has 0 amide bonds. The number of nitrogens with two attached hydrogens (primary N) is 1. The summed E-state index contributed by atoms with van der Waals surface area (Å²) in [5.74, 6) is -0.250. The van der Waals surface area contributed by atoms with Crippen LogP contribution in [0, 0.1) is 5.82 Å². The number of halogens is 1. The Labute approximate surface area is 167 Å². The summed E-state index contributed by atoms with van der Waals surface area (Å²) in [7, 11) is -3.85. The summed E-state index contributed by atoms with van der Waals surface area (Å²) in [5, 5.41) is 5.17. The van der Waals surface area contributed by atoms with E-state index in [0.29, 0.717) is 33.8 Å². The number of primary sulfonamides is 1. The summed E-state index contributed by atoms with van der Waals surface area (Å²) < 4.78 is 43.1. The second-order valence-electron chi connectivity index (χ2n) is 6.58. The first kappa shape index (κ1) is 19.0. The highest BCUT2D eigenvalue weighted by atomic mass is 32.2. The van der Waals surface area contributed by atoms with Crippen molar-refractivity contribution in [3.8, 4) is 5.75 Å². The minimum absolute atomic E-state index is 0.0442. The van der Waals surface area contributed by atoms with Crippen LogP contribution in [0.2, 0.25) is 0 Å². The molecule has 1 heterocycles. The maximum Gasteiger partial charge on any atom is 0.238 e. The van der Waals surface area contributed by atoms with E-state index >= 15 is 0 Å². The van der Waals surface area contributed by atoms with Crippen LogP contribution in [-0.2, 0) is 14.8 Å². The van der Waals surface area contributed by atoms with Gasteiger partial charge in [-0.05, 0) is 48.0 Å². The second-order valence-corrected chi connectivity index (χ2v) is 8.14. The van der Waals surface area contributed by atoms with Crippen LogP contribution in [0.15, 0.2) is 77.7 Å². The van der Waals surface area contributed by atoms with E-state index in [0.717, 1.165) is 6.29 Å². The Bertz CT molecular complexity index is 1230. The smallest absolute Gasteiger partial charge is 0.238 e. The summed E-state index contributed by atoms with van der Waals surface area (Å²) >= 11 is 0. The molecular weight excluding hydrogens is 393 g/mol. The molecule has 0 radical (unpaired) electrons. The molecule has 0 aromatic heterocycles. The Kier molecular flexibility index (Phi) is 4.77. The lowest BCUT2D eigenvalue weighted by atomic mass is 9.83. The van der Waals surface area contributed by atoms with Crippen molar-refractivity contribution in [1.82, 2.24) is 0 Å². The number of para-hydroxylation sites is 1. The van der Waals surface area contributed by atoms with Gasteiger partial charge in [0.25, 0.3) is 0 Å². The van der Waals surface area contributed by atoms with Crippen LogP contribution in [0.25, 0.3) is 11.3 Å². The number of hydrogen-bond donors (Lipinski definition) is 1. The summed E-state index contributed by atoms with van der Waals surface area (Å²) in [6, 6.07) is 18.8. The van der Waals surface area contributed by atoms with E-state index in [1.165, 1.54) is 24.3 Å². The molecule has 1 aliphatic rings. The average molecular weight is 409 g/mol. The first-order chi connectivity index (χ1) is 13.9. The van der Waals surface area contributed by atoms with Crippen molar-refractivity contribution >= 4 is 27.6 Å². The van der Waals surface area contributed by atoms with E-state index < -0.39 is 21.8 Å². The monoisotopic (exact) mass is 409 g/mol. The van der Waals surface area contributed by atoms with Gasteiger partial charge in [0, 0.05) is 16.7 Å². The van der Waals surface area contributed by atoms with Gasteiger partial charge in [0.2, 0.25) is 10.0 Å². The Balaban J connectivity index is 1.96. The van der Waals surface area contributed by atoms with Crippen molar-refractivity contribution in [3.63, 3.8) is 0 Å². The number of ether oxygens (including phenoxy) is 1. The summed E-state index contributed by atoms with van der Waals surface area (Å²) in [5.41, 5.74) is 2.22. The van der Waals surface area contributed by atoms with E-state index in [9.17, 15) is 17.6 Å². The molecule has 0 spiro atoms.